The van der Waals surface area contributed by atoms with E-state index in [-0.39, 0.29) is 0 Å². The number of methoxy groups -OCH3 is 1. The van der Waals surface area contributed by atoms with Gasteiger partial charge in [0.25, 0.3) is 0 Å². The fourth-order valence-corrected chi connectivity index (χ4v) is 3.25. The summed E-state index contributed by atoms with van der Waals surface area (Å²) in [4.78, 5) is 6.84. The molecular weight excluding hydrogens is 254 g/mol. The van der Waals surface area contributed by atoms with Crippen LogP contribution in [0.15, 0.2) is 4.99 Å². The molecule has 0 bridgehead atoms. The lowest BCUT2D eigenvalue weighted by Crippen LogP contribution is -2.45. The van der Waals surface area contributed by atoms with Gasteiger partial charge in [0.1, 0.15) is 0 Å². The summed E-state index contributed by atoms with van der Waals surface area (Å²) in [6.45, 7) is 4.91. The van der Waals surface area contributed by atoms with Gasteiger partial charge in [-0.2, -0.15) is 0 Å². The van der Waals surface area contributed by atoms with Gasteiger partial charge in [0.05, 0.1) is 13.2 Å². The van der Waals surface area contributed by atoms with Crippen molar-refractivity contribution in [2.24, 2.45) is 16.1 Å². The lowest BCUT2D eigenvalue weighted by Gasteiger charge is -2.36. The third kappa shape index (κ3) is 4.35. The van der Waals surface area contributed by atoms with Crippen molar-refractivity contribution in [3.63, 3.8) is 0 Å². The molecule has 0 unspecified atom stereocenters. The summed E-state index contributed by atoms with van der Waals surface area (Å²) >= 11 is 0. The average Bonchev–Trinajstić information content (AvgIpc) is 2.52. The van der Waals surface area contributed by atoms with Crippen LogP contribution in [0.25, 0.3) is 0 Å². The molecule has 0 aromatic heterocycles. The van der Waals surface area contributed by atoms with Gasteiger partial charge in [-0.1, -0.05) is 19.3 Å². The number of hydrogen-bond acceptors (Lipinski definition) is 3. The first-order valence-corrected chi connectivity index (χ1v) is 7.87. The van der Waals surface area contributed by atoms with Crippen molar-refractivity contribution in [2.45, 2.75) is 38.5 Å². The summed E-state index contributed by atoms with van der Waals surface area (Å²) in [7, 11) is 1.78. The van der Waals surface area contributed by atoms with Crippen LogP contribution < -0.4 is 5.73 Å². The number of nitrogens with zero attached hydrogens (tertiary/aromatic N) is 2. The molecule has 116 valence electrons. The minimum Gasteiger partial charge on any atom is -0.385 e. The molecule has 2 aliphatic rings. The molecule has 1 aliphatic carbocycles. The Kier molecular flexibility index (Phi) is 6.10. The van der Waals surface area contributed by atoms with Crippen molar-refractivity contribution in [3.05, 3.63) is 0 Å². The molecule has 1 heterocycles. The van der Waals surface area contributed by atoms with Crippen LogP contribution in [0.5, 0.6) is 0 Å². The van der Waals surface area contributed by atoms with E-state index in [2.05, 4.69) is 4.90 Å². The van der Waals surface area contributed by atoms with Gasteiger partial charge in [0.2, 0.25) is 0 Å². The van der Waals surface area contributed by atoms with Crippen LogP contribution >= 0.6 is 0 Å². The third-order valence-electron chi connectivity index (χ3n) is 4.66. The van der Waals surface area contributed by atoms with Gasteiger partial charge in [-0.3, -0.25) is 4.99 Å². The Morgan fingerprint density at radius 2 is 1.95 bits per heavy atom. The highest BCUT2D eigenvalue weighted by atomic mass is 16.5. The second-order valence-electron chi connectivity index (χ2n) is 6.08. The van der Waals surface area contributed by atoms with Crippen molar-refractivity contribution < 1.29 is 9.47 Å². The van der Waals surface area contributed by atoms with Gasteiger partial charge in [-0.15, -0.1) is 0 Å². The highest BCUT2D eigenvalue weighted by Crippen LogP contribution is 2.39. The molecule has 0 radical (unpaired) electrons. The molecule has 0 amide bonds. The monoisotopic (exact) mass is 283 g/mol. The smallest absolute Gasteiger partial charge is 0.191 e. The number of hydrogen-bond donors (Lipinski definition) is 1. The van der Waals surface area contributed by atoms with E-state index in [0.29, 0.717) is 11.4 Å². The highest BCUT2D eigenvalue weighted by molar-refractivity contribution is 5.78. The van der Waals surface area contributed by atoms with Crippen molar-refractivity contribution >= 4 is 5.96 Å². The molecule has 0 spiro atoms. The zero-order valence-electron chi connectivity index (χ0n) is 12.8. The van der Waals surface area contributed by atoms with E-state index in [0.717, 1.165) is 45.9 Å². The average molecular weight is 283 g/mol. The molecule has 5 nitrogen and oxygen atoms in total. The number of aliphatic imine (C=N–C) groups is 1. The van der Waals surface area contributed by atoms with Crippen molar-refractivity contribution in [1.29, 1.82) is 0 Å². The Morgan fingerprint density at radius 1 is 1.25 bits per heavy atom. The zero-order valence-corrected chi connectivity index (χ0v) is 12.8. The molecule has 0 atom stereocenters. The lowest BCUT2D eigenvalue weighted by molar-refractivity contribution is 0.0669. The van der Waals surface area contributed by atoms with E-state index in [1.807, 2.05) is 0 Å². The third-order valence-corrected chi connectivity index (χ3v) is 4.66. The summed E-state index contributed by atoms with van der Waals surface area (Å²) < 4.78 is 10.6. The summed E-state index contributed by atoms with van der Waals surface area (Å²) in [5.41, 5.74) is 6.45. The van der Waals surface area contributed by atoms with Crippen molar-refractivity contribution in [3.8, 4) is 0 Å². The first kappa shape index (κ1) is 15.6. The first-order valence-electron chi connectivity index (χ1n) is 7.87. The number of rotatable bonds is 5. The maximum atomic E-state index is 6.14. The number of morpholine rings is 1. The quantitative estimate of drug-likeness (QED) is 0.615. The SMILES string of the molecule is COCCC1(CN=C(N)N2CCOCC2)CCCCC1. The summed E-state index contributed by atoms with van der Waals surface area (Å²) in [6, 6.07) is 0. The van der Waals surface area contributed by atoms with Crippen LogP contribution in [0.3, 0.4) is 0 Å². The Hall–Kier alpha value is -0.810. The van der Waals surface area contributed by atoms with Crippen LogP contribution in [-0.4, -0.2) is 57.4 Å². The molecule has 2 rings (SSSR count). The normalized spacial score (nSPS) is 23.9. The fourth-order valence-electron chi connectivity index (χ4n) is 3.25. The molecular formula is C15H29N3O2. The first-order chi connectivity index (χ1) is 9.76. The zero-order chi connectivity index (χ0) is 14.3. The van der Waals surface area contributed by atoms with Gasteiger partial charge < -0.3 is 20.1 Å². The molecule has 1 saturated heterocycles. The lowest BCUT2D eigenvalue weighted by atomic mass is 9.72. The van der Waals surface area contributed by atoms with E-state index in [4.69, 9.17) is 20.2 Å². The predicted octanol–water partition coefficient (Wildman–Crippen LogP) is 1.62. The maximum Gasteiger partial charge on any atom is 0.191 e. The summed E-state index contributed by atoms with van der Waals surface area (Å²) in [5, 5.41) is 0. The van der Waals surface area contributed by atoms with E-state index >= 15 is 0 Å². The van der Waals surface area contributed by atoms with E-state index in [9.17, 15) is 0 Å². The van der Waals surface area contributed by atoms with Crippen LogP contribution in [0, 0.1) is 5.41 Å². The van der Waals surface area contributed by atoms with Crippen molar-refractivity contribution in [2.75, 3.05) is 46.6 Å². The van der Waals surface area contributed by atoms with E-state index < -0.39 is 0 Å². The predicted molar refractivity (Wildman–Crippen MR) is 80.9 cm³/mol. The maximum absolute atomic E-state index is 6.14. The largest absolute Gasteiger partial charge is 0.385 e. The molecule has 0 aromatic rings. The molecule has 1 aliphatic heterocycles. The number of guanidine groups is 1. The van der Waals surface area contributed by atoms with Gasteiger partial charge in [-0.25, -0.2) is 0 Å². The number of ether oxygens (including phenoxy) is 2. The van der Waals surface area contributed by atoms with Crippen molar-refractivity contribution in [1.82, 2.24) is 4.90 Å². The molecule has 1 saturated carbocycles. The Labute approximate surface area is 122 Å². The number of nitrogens with two attached hydrogens (primary N) is 1. The molecule has 2 N–H and O–H groups in total. The molecule has 0 aromatic carbocycles. The van der Waals surface area contributed by atoms with Crippen LogP contribution in [0.2, 0.25) is 0 Å². The Balaban J connectivity index is 1.92. The van der Waals surface area contributed by atoms with Gasteiger partial charge in [0, 0.05) is 33.4 Å². The fraction of sp³-hybridized carbons (Fsp3) is 0.933. The van der Waals surface area contributed by atoms with E-state index in [1.165, 1.54) is 32.1 Å². The highest BCUT2D eigenvalue weighted by Gasteiger charge is 2.31. The second kappa shape index (κ2) is 7.84. The molecule has 2 fully saturated rings. The van der Waals surface area contributed by atoms with Gasteiger partial charge in [-0.05, 0) is 24.7 Å². The second-order valence-corrected chi connectivity index (χ2v) is 6.08. The van der Waals surface area contributed by atoms with Gasteiger partial charge >= 0.3 is 0 Å². The topological polar surface area (TPSA) is 60.1 Å². The minimum absolute atomic E-state index is 0.311. The Bertz CT molecular complexity index is 308. The van der Waals surface area contributed by atoms with Crippen LogP contribution in [-0.2, 0) is 9.47 Å². The van der Waals surface area contributed by atoms with Gasteiger partial charge in [0.15, 0.2) is 5.96 Å². The molecule has 5 heteroatoms. The van der Waals surface area contributed by atoms with E-state index in [1.54, 1.807) is 7.11 Å². The van der Waals surface area contributed by atoms with Crippen LogP contribution in [0.4, 0.5) is 0 Å². The summed E-state index contributed by atoms with van der Waals surface area (Å²) in [6.07, 6.45) is 7.61. The van der Waals surface area contributed by atoms with Crippen LogP contribution in [0.1, 0.15) is 38.5 Å². The summed E-state index contributed by atoms with van der Waals surface area (Å²) in [5.74, 6) is 0.690. The minimum atomic E-state index is 0.311. The standard InChI is InChI=1S/C15H29N3O2/c1-19-10-7-15(5-3-2-4-6-15)13-17-14(16)18-8-11-20-12-9-18/h2-13H2,1H3,(H2,16,17). The Morgan fingerprint density at radius 3 is 2.60 bits per heavy atom. The molecule has 20 heavy (non-hydrogen) atoms.